The second-order valence-corrected chi connectivity index (χ2v) is 4.10. The summed E-state index contributed by atoms with van der Waals surface area (Å²) in [5.41, 5.74) is 5.75. The fourth-order valence-electron chi connectivity index (χ4n) is 1.43. The molecule has 0 heterocycles. The smallest absolute Gasteiger partial charge is 0.236 e. The van der Waals surface area contributed by atoms with Crippen LogP contribution in [-0.4, -0.2) is 18.5 Å². The van der Waals surface area contributed by atoms with E-state index >= 15 is 0 Å². The van der Waals surface area contributed by atoms with E-state index in [1.807, 2.05) is 0 Å². The van der Waals surface area contributed by atoms with E-state index in [0.29, 0.717) is 5.56 Å². The molecule has 1 aromatic rings. The second kappa shape index (κ2) is 7.28. The number of benzene rings is 1. The van der Waals surface area contributed by atoms with E-state index in [1.54, 1.807) is 13.8 Å². The minimum Gasteiger partial charge on any atom is -0.354 e. The van der Waals surface area contributed by atoms with Crippen molar-refractivity contribution in [2.45, 2.75) is 25.8 Å². The number of amides is 1. The highest BCUT2D eigenvalue weighted by atomic mass is 35.5. The number of halogens is 3. The van der Waals surface area contributed by atoms with Gasteiger partial charge in [-0.1, -0.05) is 13.0 Å². The Labute approximate surface area is 111 Å². The van der Waals surface area contributed by atoms with Crippen molar-refractivity contribution in [3.63, 3.8) is 0 Å². The maximum absolute atomic E-state index is 13.4. The van der Waals surface area contributed by atoms with Crippen molar-refractivity contribution in [3.8, 4) is 0 Å². The van der Waals surface area contributed by atoms with Gasteiger partial charge in [-0.2, -0.15) is 0 Å². The molecule has 6 heteroatoms. The van der Waals surface area contributed by atoms with Gasteiger partial charge in [-0.25, -0.2) is 8.78 Å². The van der Waals surface area contributed by atoms with Crippen molar-refractivity contribution in [3.05, 3.63) is 35.4 Å². The predicted octanol–water partition coefficient (Wildman–Crippen LogP) is 1.95. The SMILES string of the molecule is CC(CNC(=O)[C@@H](C)N)c1ccc(F)cc1F.Cl. The molecule has 18 heavy (non-hydrogen) atoms. The summed E-state index contributed by atoms with van der Waals surface area (Å²) in [6, 6.07) is 2.81. The standard InChI is InChI=1S/C12H16F2N2O.ClH/c1-7(6-16-12(17)8(2)15)10-4-3-9(13)5-11(10)14;/h3-5,7-8H,6,15H2,1-2H3,(H,16,17);1H/t7?,8-;/m1./s1. The molecule has 1 aromatic carbocycles. The van der Waals surface area contributed by atoms with Crippen LogP contribution in [0.4, 0.5) is 8.78 Å². The van der Waals surface area contributed by atoms with Crippen molar-refractivity contribution in [1.29, 1.82) is 0 Å². The molecule has 0 aliphatic carbocycles. The van der Waals surface area contributed by atoms with Gasteiger partial charge in [-0.15, -0.1) is 12.4 Å². The Hall–Kier alpha value is -1.20. The van der Waals surface area contributed by atoms with Crippen LogP contribution in [0.25, 0.3) is 0 Å². The highest BCUT2D eigenvalue weighted by Gasteiger charge is 2.14. The van der Waals surface area contributed by atoms with Crippen molar-refractivity contribution in [2.75, 3.05) is 6.54 Å². The van der Waals surface area contributed by atoms with E-state index in [4.69, 9.17) is 5.73 Å². The lowest BCUT2D eigenvalue weighted by Gasteiger charge is -2.15. The molecule has 3 nitrogen and oxygen atoms in total. The molecule has 1 rings (SSSR count). The maximum atomic E-state index is 13.4. The first kappa shape index (κ1) is 16.8. The Morgan fingerprint density at radius 2 is 2.00 bits per heavy atom. The number of nitrogens with two attached hydrogens (primary N) is 1. The highest BCUT2D eigenvalue weighted by Crippen LogP contribution is 2.19. The summed E-state index contributed by atoms with van der Waals surface area (Å²) < 4.78 is 26.1. The molecular formula is C12H17ClF2N2O. The van der Waals surface area contributed by atoms with Crippen LogP contribution in [0.1, 0.15) is 25.3 Å². The second-order valence-electron chi connectivity index (χ2n) is 4.10. The van der Waals surface area contributed by atoms with E-state index in [9.17, 15) is 13.6 Å². The molecule has 2 atom stereocenters. The minimum atomic E-state index is -0.613. The summed E-state index contributed by atoms with van der Waals surface area (Å²) >= 11 is 0. The zero-order valence-electron chi connectivity index (χ0n) is 10.2. The van der Waals surface area contributed by atoms with Gasteiger partial charge in [-0.05, 0) is 18.6 Å². The molecule has 0 fully saturated rings. The first-order valence-corrected chi connectivity index (χ1v) is 5.40. The van der Waals surface area contributed by atoms with Gasteiger partial charge >= 0.3 is 0 Å². The van der Waals surface area contributed by atoms with Gasteiger partial charge in [0.2, 0.25) is 5.91 Å². The van der Waals surface area contributed by atoms with Crippen LogP contribution < -0.4 is 11.1 Å². The Balaban J connectivity index is 0.00000289. The Morgan fingerprint density at radius 1 is 1.39 bits per heavy atom. The molecule has 0 saturated carbocycles. The fourth-order valence-corrected chi connectivity index (χ4v) is 1.43. The summed E-state index contributed by atoms with van der Waals surface area (Å²) in [4.78, 5) is 11.2. The summed E-state index contributed by atoms with van der Waals surface area (Å²) in [6.45, 7) is 3.58. The zero-order valence-corrected chi connectivity index (χ0v) is 11.1. The minimum absolute atomic E-state index is 0. The summed E-state index contributed by atoms with van der Waals surface area (Å²) in [6.07, 6.45) is 0. The topological polar surface area (TPSA) is 55.1 Å². The summed E-state index contributed by atoms with van der Waals surface area (Å²) in [5.74, 6) is -1.75. The number of hydrogen-bond acceptors (Lipinski definition) is 2. The van der Waals surface area contributed by atoms with Gasteiger partial charge in [0.15, 0.2) is 0 Å². The quantitative estimate of drug-likeness (QED) is 0.884. The van der Waals surface area contributed by atoms with Crippen LogP contribution in [0.5, 0.6) is 0 Å². The Bertz CT molecular complexity index is 413. The predicted molar refractivity (Wildman–Crippen MR) is 68.7 cm³/mol. The zero-order chi connectivity index (χ0) is 13.0. The van der Waals surface area contributed by atoms with Crippen LogP contribution >= 0.6 is 12.4 Å². The Kier molecular flexibility index (Phi) is 6.80. The van der Waals surface area contributed by atoms with Crippen LogP contribution in [0.15, 0.2) is 18.2 Å². The molecule has 3 N–H and O–H groups in total. The number of rotatable bonds is 4. The molecular weight excluding hydrogens is 262 g/mol. The van der Waals surface area contributed by atoms with Gasteiger partial charge in [0.1, 0.15) is 11.6 Å². The average Bonchev–Trinajstić information content (AvgIpc) is 2.25. The van der Waals surface area contributed by atoms with Crippen molar-refractivity contribution >= 4 is 18.3 Å². The molecule has 102 valence electrons. The Morgan fingerprint density at radius 3 is 2.50 bits per heavy atom. The number of carbonyl (C=O) groups excluding carboxylic acids is 1. The molecule has 0 aliphatic heterocycles. The number of nitrogens with one attached hydrogen (secondary N) is 1. The van der Waals surface area contributed by atoms with Crippen molar-refractivity contribution < 1.29 is 13.6 Å². The highest BCUT2D eigenvalue weighted by molar-refractivity contribution is 5.85. The van der Waals surface area contributed by atoms with E-state index in [1.165, 1.54) is 12.1 Å². The lowest BCUT2D eigenvalue weighted by Crippen LogP contribution is -2.39. The number of hydrogen-bond donors (Lipinski definition) is 2. The first-order valence-electron chi connectivity index (χ1n) is 5.40. The third-order valence-electron chi connectivity index (χ3n) is 2.49. The molecule has 1 unspecified atom stereocenters. The molecule has 0 radical (unpaired) electrons. The monoisotopic (exact) mass is 278 g/mol. The molecule has 0 saturated heterocycles. The van der Waals surface area contributed by atoms with Crippen LogP contribution in [0.2, 0.25) is 0 Å². The third-order valence-corrected chi connectivity index (χ3v) is 2.49. The molecule has 0 aromatic heterocycles. The largest absolute Gasteiger partial charge is 0.354 e. The van der Waals surface area contributed by atoms with E-state index in [0.717, 1.165) is 6.07 Å². The maximum Gasteiger partial charge on any atom is 0.236 e. The molecule has 0 bridgehead atoms. The van der Waals surface area contributed by atoms with Crippen LogP contribution in [-0.2, 0) is 4.79 Å². The molecule has 1 amide bonds. The molecule has 0 aliphatic rings. The summed E-state index contributed by atoms with van der Waals surface area (Å²) in [7, 11) is 0. The normalized spacial score (nSPS) is 13.4. The van der Waals surface area contributed by atoms with Gasteiger partial charge in [0.05, 0.1) is 6.04 Å². The third kappa shape index (κ3) is 4.58. The van der Waals surface area contributed by atoms with E-state index < -0.39 is 17.7 Å². The molecule has 0 spiro atoms. The van der Waals surface area contributed by atoms with Crippen LogP contribution in [0.3, 0.4) is 0 Å². The van der Waals surface area contributed by atoms with Gasteiger partial charge < -0.3 is 11.1 Å². The van der Waals surface area contributed by atoms with Crippen LogP contribution in [0, 0.1) is 11.6 Å². The van der Waals surface area contributed by atoms with E-state index in [-0.39, 0.29) is 30.8 Å². The van der Waals surface area contributed by atoms with Crippen molar-refractivity contribution in [2.24, 2.45) is 5.73 Å². The van der Waals surface area contributed by atoms with Crippen molar-refractivity contribution in [1.82, 2.24) is 5.32 Å². The van der Waals surface area contributed by atoms with Gasteiger partial charge in [0, 0.05) is 18.5 Å². The van der Waals surface area contributed by atoms with Gasteiger partial charge in [0.25, 0.3) is 0 Å². The van der Waals surface area contributed by atoms with E-state index in [2.05, 4.69) is 5.32 Å². The number of carbonyl (C=O) groups is 1. The lowest BCUT2D eigenvalue weighted by molar-refractivity contribution is -0.122. The average molecular weight is 279 g/mol. The first-order chi connectivity index (χ1) is 7.91. The fraction of sp³-hybridized carbons (Fsp3) is 0.417. The van der Waals surface area contributed by atoms with Gasteiger partial charge in [-0.3, -0.25) is 4.79 Å². The lowest BCUT2D eigenvalue weighted by atomic mass is 10.0. The summed E-state index contributed by atoms with van der Waals surface area (Å²) in [5, 5.41) is 2.60.